The average Bonchev–Trinajstić information content (AvgIpc) is 2.73. The predicted molar refractivity (Wildman–Crippen MR) is 70.6 cm³/mol. The smallest absolute Gasteiger partial charge is 0.268 e. The second-order valence-corrected chi connectivity index (χ2v) is 6.23. The second kappa shape index (κ2) is 5.07. The fourth-order valence-corrected chi connectivity index (χ4v) is 3.68. The molecule has 0 bridgehead atoms. The summed E-state index contributed by atoms with van der Waals surface area (Å²) in [5, 5.41) is 10.2. The van der Waals surface area contributed by atoms with Crippen LogP contribution in [0.25, 0.3) is 0 Å². The van der Waals surface area contributed by atoms with E-state index in [1.807, 2.05) is 4.72 Å². The molecule has 0 radical (unpaired) electrons. The minimum absolute atomic E-state index is 0.0110. The monoisotopic (exact) mass is 315 g/mol. The Kier molecular flexibility index (Phi) is 3.61. The number of nitriles is 1. The van der Waals surface area contributed by atoms with Crippen molar-refractivity contribution in [1.82, 2.24) is 0 Å². The fourth-order valence-electron chi connectivity index (χ4n) is 1.49. The molecule has 0 spiro atoms. The van der Waals surface area contributed by atoms with Gasteiger partial charge >= 0.3 is 0 Å². The number of rotatable bonds is 3. The van der Waals surface area contributed by atoms with Gasteiger partial charge in [-0.05, 0) is 23.6 Å². The first-order valence-corrected chi connectivity index (χ1v) is 7.46. The number of nitrogens with one attached hydrogen (secondary N) is 1. The van der Waals surface area contributed by atoms with Crippen molar-refractivity contribution in [1.29, 1.82) is 5.26 Å². The summed E-state index contributed by atoms with van der Waals surface area (Å²) in [4.78, 5) is -1.14. The van der Waals surface area contributed by atoms with Crippen LogP contribution in [-0.2, 0) is 10.0 Å². The Hall–Kier alpha value is -2.18. The van der Waals surface area contributed by atoms with Crippen molar-refractivity contribution >= 4 is 32.0 Å². The van der Waals surface area contributed by atoms with Crippen LogP contribution in [0.1, 0.15) is 5.56 Å². The third-order valence-electron chi connectivity index (χ3n) is 2.30. The molecule has 0 aliphatic carbocycles. The van der Waals surface area contributed by atoms with Gasteiger partial charge in [-0.3, -0.25) is 4.72 Å². The Morgan fingerprint density at radius 1 is 1.30 bits per heavy atom. The molecule has 0 aliphatic heterocycles. The zero-order chi connectivity index (χ0) is 14.9. The minimum atomic E-state index is -4.49. The summed E-state index contributed by atoms with van der Waals surface area (Å²) in [5.41, 5.74) is 5.05. The second-order valence-electron chi connectivity index (χ2n) is 3.69. The van der Waals surface area contributed by atoms with Crippen molar-refractivity contribution in [3.63, 3.8) is 0 Å². The quantitative estimate of drug-likeness (QED) is 0.849. The number of nitrogen functional groups attached to an aromatic ring is 1. The Morgan fingerprint density at radius 2 is 1.90 bits per heavy atom. The summed E-state index contributed by atoms with van der Waals surface area (Å²) in [6.45, 7) is 0. The van der Waals surface area contributed by atoms with Crippen LogP contribution in [-0.4, -0.2) is 8.42 Å². The molecular weight excluding hydrogens is 308 g/mol. The van der Waals surface area contributed by atoms with Crippen molar-refractivity contribution in [3.8, 4) is 6.07 Å². The summed E-state index contributed by atoms with van der Waals surface area (Å²) in [7, 11) is -4.49. The number of thiophene rings is 1. The van der Waals surface area contributed by atoms with Crippen molar-refractivity contribution in [3.05, 3.63) is 40.8 Å². The van der Waals surface area contributed by atoms with Gasteiger partial charge < -0.3 is 5.73 Å². The molecule has 0 fully saturated rings. The van der Waals surface area contributed by atoms with Gasteiger partial charge in [0.25, 0.3) is 10.0 Å². The lowest BCUT2D eigenvalue weighted by Gasteiger charge is -2.09. The molecule has 0 aliphatic rings. The molecule has 104 valence electrons. The van der Waals surface area contributed by atoms with Gasteiger partial charge in [0, 0.05) is 5.69 Å². The highest BCUT2D eigenvalue weighted by Gasteiger charge is 2.26. The lowest BCUT2D eigenvalue weighted by atomic mass is 10.3. The number of anilines is 2. The van der Waals surface area contributed by atoms with E-state index in [-0.39, 0.29) is 16.3 Å². The zero-order valence-corrected chi connectivity index (χ0v) is 11.4. The highest BCUT2D eigenvalue weighted by atomic mass is 32.2. The maximum atomic E-state index is 13.6. The molecule has 1 aromatic carbocycles. The number of hydrogen-bond donors (Lipinski definition) is 2. The van der Waals surface area contributed by atoms with Crippen LogP contribution in [0.4, 0.5) is 19.5 Å². The molecule has 0 amide bonds. The van der Waals surface area contributed by atoms with E-state index in [2.05, 4.69) is 0 Å². The van der Waals surface area contributed by atoms with Gasteiger partial charge in [0.05, 0.1) is 5.56 Å². The zero-order valence-electron chi connectivity index (χ0n) is 9.72. The van der Waals surface area contributed by atoms with E-state index in [0.717, 1.165) is 11.3 Å². The van der Waals surface area contributed by atoms with Crippen LogP contribution < -0.4 is 10.5 Å². The van der Waals surface area contributed by atoms with Crippen LogP contribution >= 0.6 is 11.3 Å². The predicted octanol–water partition coefficient (Wildman–Crippen LogP) is 2.28. The largest absolute Gasteiger partial charge is 0.399 e. The normalized spacial score (nSPS) is 11.1. The maximum absolute atomic E-state index is 13.6. The van der Waals surface area contributed by atoms with E-state index in [1.165, 1.54) is 11.4 Å². The van der Waals surface area contributed by atoms with E-state index in [4.69, 9.17) is 11.0 Å². The van der Waals surface area contributed by atoms with E-state index in [0.29, 0.717) is 12.1 Å². The fraction of sp³-hybridized carbons (Fsp3) is 0. The first-order valence-electron chi connectivity index (χ1n) is 5.10. The van der Waals surface area contributed by atoms with Crippen LogP contribution in [0, 0.1) is 23.0 Å². The van der Waals surface area contributed by atoms with Crippen molar-refractivity contribution in [2.45, 2.75) is 4.90 Å². The number of sulfonamides is 1. The summed E-state index contributed by atoms with van der Waals surface area (Å²) in [5.74, 6) is -2.60. The highest BCUT2D eigenvalue weighted by Crippen LogP contribution is 2.28. The summed E-state index contributed by atoms with van der Waals surface area (Å²) in [6.07, 6.45) is 0. The lowest BCUT2D eigenvalue weighted by Crippen LogP contribution is -2.16. The molecule has 0 saturated carbocycles. The van der Waals surface area contributed by atoms with Crippen molar-refractivity contribution in [2.24, 2.45) is 0 Å². The number of nitrogens with zero attached hydrogens (tertiary/aromatic N) is 1. The van der Waals surface area contributed by atoms with Gasteiger partial charge in [-0.1, -0.05) is 0 Å². The standard InChI is InChI=1S/C11H7F2N3O2S2/c12-8-3-7(15)4-9(13)10(8)20(17,18)16-11-6(5-14)1-2-19-11/h1-4,16H,15H2. The van der Waals surface area contributed by atoms with E-state index in [9.17, 15) is 17.2 Å². The molecule has 5 nitrogen and oxygen atoms in total. The third kappa shape index (κ3) is 2.56. The Balaban J connectivity index is 2.50. The van der Waals surface area contributed by atoms with E-state index in [1.54, 1.807) is 6.07 Å². The molecule has 2 rings (SSSR count). The topological polar surface area (TPSA) is 96.0 Å². The summed E-state index contributed by atoms with van der Waals surface area (Å²) in [6, 6.07) is 4.56. The average molecular weight is 315 g/mol. The molecule has 3 N–H and O–H groups in total. The number of hydrogen-bond acceptors (Lipinski definition) is 5. The van der Waals surface area contributed by atoms with Gasteiger partial charge in [-0.15, -0.1) is 11.3 Å². The Bertz CT molecular complexity index is 786. The van der Waals surface area contributed by atoms with Gasteiger partial charge in [-0.25, -0.2) is 17.2 Å². The number of benzene rings is 1. The highest BCUT2D eigenvalue weighted by molar-refractivity contribution is 7.93. The van der Waals surface area contributed by atoms with Gasteiger partial charge in [0.2, 0.25) is 0 Å². The number of nitrogens with two attached hydrogens (primary N) is 1. The molecule has 0 atom stereocenters. The van der Waals surface area contributed by atoms with Crippen LogP contribution in [0.2, 0.25) is 0 Å². The molecular formula is C11H7F2N3O2S2. The van der Waals surface area contributed by atoms with Crippen LogP contribution in [0.5, 0.6) is 0 Å². The third-order valence-corrected chi connectivity index (χ3v) is 4.66. The first-order chi connectivity index (χ1) is 9.35. The van der Waals surface area contributed by atoms with E-state index >= 15 is 0 Å². The minimum Gasteiger partial charge on any atom is -0.399 e. The molecule has 9 heteroatoms. The van der Waals surface area contributed by atoms with Gasteiger partial charge in [-0.2, -0.15) is 5.26 Å². The lowest BCUT2D eigenvalue weighted by molar-refractivity contribution is 0.522. The molecule has 1 heterocycles. The number of halogens is 2. The Morgan fingerprint density at radius 3 is 2.45 bits per heavy atom. The van der Waals surface area contributed by atoms with Crippen LogP contribution in [0.3, 0.4) is 0 Å². The molecule has 2 aromatic rings. The van der Waals surface area contributed by atoms with Gasteiger partial charge in [0.15, 0.2) is 4.90 Å². The van der Waals surface area contributed by atoms with Gasteiger partial charge in [0.1, 0.15) is 22.7 Å². The molecule has 1 aromatic heterocycles. The first kappa shape index (κ1) is 14.2. The SMILES string of the molecule is N#Cc1ccsc1NS(=O)(=O)c1c(F)cc(N)cc1F. The summed E-state index contributed by atoms with van der Waals surface area (Å²) < 4.78 is 53.2. The maximum Gasteiger partial charge on any atom is 0.268 e. The van der Waals surface area contributed by atoms with Crippen molar-refractivity contribution < 1.29 is 17.2 Å². The van der Waals surface area contributed by atoms with E-state index < -0.39 is 26.6 Å². The molecule has 0 saturated heterocycles. The Labute approximate surface area is 117 Å². The molecule has 0 unspecified atom stereocenters. The summed E-state index contributed by atoms with van der Waals surface area (Å²) >= 11 is 0.928. The van der Waals surface area contributed by atoms with Crippen molar-refractivity contribution in [2.75, 3.05) is 10.5 Å². The van der Waals surface area contributed by atoms with Crippen LogP contribution in [0.15, 0.2) is 28.5 Å². The molecule has 20 heavy (non-hydrogen) atoms.